The van der Waals surface area contributed by atoms with E-state index in [9.17, 15) is 13.6 Å². The van der Waals surface area contributed by atoms with Gasteiger partial charge in [0.2, 0.25) is 0 Å². The molecular weight excluding hydrogens is 276 g/mol. The summed E-state index contributed by atoms with van der Waals surface area (Å²) in [6, 6.07) is 2.79. The van der Waals surface area contributed by atoms with Crippen molar-refractivity contribution >= 4 is 11.7 Å². The number of hydrogen-bond acceptors (Lipinski definition) is 3. The minimum absolute atomic E-state index is 0.110. The van der Waals surface area contributed by atoms with Gasteiger partial charge in [-0.25, -0.2) is 13.6 Å². The lowest BCUT2D eigenvalue weighted by Gasteiger charge is -2.24. The maximum atomic E-state index is 14.1. The van der Waals surface area contributed by atoms with Gasteiger partial charge in [0.05, 0.1) is 18.4 Å². The topological polar surface area (TPSA) is 38.3 Å². The van der Waals surface area contributed by atoms with Gasteiger partial charge in [0.25, 0.3) is 0 Å². The van der Waals surface area contributed by atoms with Crippen molar-refractivity contribution in [2.75, 3.05) is 12.4 Å². The van der Waals surface area contributed by atoms with Crippen molar-refractivity contribution in [1.29, 1.82) is 0 Å². The number of ether oxygens (including phenoxy) is 1. The second-order valence-electron chi connectivity index (χ2n) is 5.65. The van der Waals surface area contributed by atoms with Gasteiger partial charge < -0.3 is 10.1 Å². The standard InChI is InChI=1S/C16H21F2NO2/c1-10-6-4-3-5-7-12(10)19-13-9-8-11(16(20)21-2)14(17)15(13)18/h8-10,12,19H,3-7H2,1-2H3. The molecule has 116 valence electrons. The van der Waals surface area contributed by atoms with Crippen molar-refractivity contribution in [2.24, 2.45) is 5.92 Å². The minimum atomic E-state index is -1.16. The van der Waals surface area contributed by atoms with E-state index in [-0.39, 0.29) is 17.3 Å². The Labute approximate surface area is 123 Å². The second kappa shape index (κ2) is 6.87. The number of halogens is 2. The molecule has 2 atom stereocenters. The molecule has 0 amide bonds. The van der Waals surface area contributed by atoms with Gasteiger partial charge in [-0.2, -0.15) is 0 Å². The van der Waals surface area contributed by atoms with Crippen molar-refractivity contribution in [3.63, 3.8) is 0 Å². The molecule has 1 fully saturated rings. The van der Waals surface area contributed by atoms with Gasteiger partial charge in [0.15, 0.2) is 11.6 Å². The van der Waals surface area contributed by atoms with Crippen LogP contribution in [0.2, 0.25) is 0 Å². The molecule has 1 aliphatic rings. The molecule has 1 N–H and O–H groups in total. The van der Waals surface area contributed by atoms with Gasteiger partial charge in [-0.15, -0.1) is 0 Å². The van der Waals surface area contributed by atoms with Gasteiger partial charge in [0.1, 0.15) is 0 Å². The summed E-state index contributed by atoms with van der Waals surface area (Å²) in [6.45, 7) is 2.13. The van der Waals surface area contributed by atoms with Crippen LogP contribution in [-0.4, -0.2) is 19.1 Å². The fraction of sp³-hybridized carbons (Fsp3) is 0.562. The van der Waals surface area contributed by atoms with Gasteiger partial charge >= 0.3 is 5.97 Å². The van der Waals surface area contributed by atoms with Gasteiger partial charge in [-0.05, 0) is 30.9 Å². The highest BCUT2D eigenvalue weighted by molar-refractivity contribution is 5.90. The summed E-state index contributed by atoms with van der Waals surface area (Å²) < 4.78 is 32.4. The maximum absolute atomic E-state index is 14.1. The van der Waals surface area contributed by atoms with E-state index in [1.165, 1.54) is 25.0 Å². The van der Waals surface area contributed by atoms with E-state index in [4.69, 9.17) is 0 Å². The molecule has 1 aromatic carbocycles. The predicted octanol–water partition coefficient (Wildman–Crippen LogP) is 4.13. The third-order valence-corrected chi connectivity index (χ3v) is 4.19. The molecule has 2 rings (SSSR count). The Balaban J connectivity index is 2.20. The number of methoxy groups -OCH3 is 1. The monoisotopic (exact) mass is 297 g/mol. The lowest BCUT2D eigenvalue weighted by Crippen LogP contribution is -2.27. The quantitative estimate of drug-likeness (QED) is 0.673. The van der Waals surface area contributed by atoms with Gasteiger partial charge in [-0.3, -0.25) is 0 Å². The van der Waals surface area contributed by atoms with E-state index in [1.807, 2.05) is 0 Å². The van der Waals surface area contributed by atoms with Crippen molar-refractivity contribution in [3.8, 4) is 0 Å². The Bertz CT molecular complexity index is 519. The zero-order chi connectivity index (χ0) is 15.4. The molecule has 1 saturated carbocycles. The predicted molar refractivity (Wildman–Crippen MR) is 77.4 cm³/mol. The molecular formula is C16H21F2NO2. The number of rotatable bonds is 3. The smallest absolute Gasteiger partial charge is 0.340 e. The summed E-state index contributed by atoms with van der Waals surface area (Å²) in [5, 5.41) is 3.10. The molecule has 0 bridgehead atoms. The number of carbonyl (C=O) groups excluding carboxylic acids is 1. The Morgan fingerprint density at radius 1 is 1.19 bits per heavy atom. The summed E-state index contributed by atoms with van der Waals surface area (Å²) in [6.07, 6.45) is 5.48. The number of nitrogens with one attached hydrogen (secondary N) is 1. The first-order chi connectivity index (χ1) is 10.0. The van der Waals surface area contributed by atoms with Crippen LogP contribution in [0.5, 0.6) is 0 Å². The molecule has 5 heteroatoms. The zero-order valence-corrected chi connectivity index (χ0v) is 12.4. The minimum Gasteiger partial charge on any atom is -0.465 e. The molecule has 0 aromatic heterocycles. The van der Waals surface area contributed by atoms with E-state index < -0.39 is 17.6 Å². The number of esters is 1. The highest BCUT2D eigenvalue weighted by Gasteiger charge is 2.23. The first-order valence-electron chi connectivity index (χ1n) is 7.37. The fourth-order valence-electron chi connectivity index (χ4n) is 2.84. The number of anilines is 1. The third kappa shape index (κ3) is 3.52. The van der Waals surface area contributed by atoms with Crippen molar-refractivity contribution in [3.05, 3.63) is 29.3 Å². The summed E-state index contributed by atoms with van der Waals surface area (Å²) in [5.41, 5.74) is -0.270. The van der Waals surface area contributed by atoms with E-state index >= 15 is 0 Å². The van der Waals surface area contributed by atoms with Crippen LogP contribution in [0, 0.1) is 17.6 Å². The zero-order valence-electron chi connectivity index (χ0n) is 12.4. The summed E-state index contributed by atoms with van der Waals surface area (Å²) in [4.78, 5) is 11.3. The largest absolute Gasteiger partial charge is 0.465 e. The molecule has 2 unspecified atom stereocenters. The maximum Gasteiger partial charge on any atom is 0.340 e. The van der Waals surface area contributed by atoms with E-state index in [0.29, 0.717) is 5.92 Å². The summed E-state index contributed by atoms with van der Waals surface area (Å²) in [7, 11) is 1.14. The molecule has 0 radical (unpaired) electrons. The summed E-state index contributed by atoms with van der Waals surface area (Å²) in [5.74, 6) is -2.64. The highest BCUT2D eigenvalue weighted by Crippen LogP contribution is 2.28. The molecule has 1 aliphatic carbocycles. The molecule has 3 nitrogen and oxygen atoms in total. The number of benzene rings is 1. The van der Waals surface area contributed by atoms with Crippen LogP contribution in [0.3, 0.4) is 0 Å². The summed E-state index contributed by atoms with van der Waals surface area (Å²) >= 11 is 0. The van der Waals surface area contributed by atoms with Crippen LogP contribution in [0.1, 0.15) is 49.4 Å². The van der Waals surface area contributed by atoms with Crippen LogP contribution >= 0.6 is 0 Å². The fourth-order valence-corrected chi connectivity index (χ4v) is 2.84. The lowest BCUT2D eigenvalue weighted by atomic mass is 9.96. The van der Waals surface area contributed by atoms with Crippen LogP contribution in [0.15, 0.2) is 12.1 Å². The lowest BCUT2D eigenvalue weighted by molar-refractivity contribution is 0.0594. The first-order valence-corrected chi connectivity index (χ1v) is 7.37. The van der Waals surface area contributed by atoms with Crippen LogP contribution in [0.4, 0.5) is 14.5 Å². The Morgan fingerprint density at radius 2 is 1.90 bits per heavy atom. The molecule has 0 heterocycles. The van der Waals surface area contributed by atoms with E-state index in [0.717, 1.165) is 26.4 Å². The molecule has 0 saturated heterocycles. The van der Waals surface area contributed by atoms with Gasteiger partial charge in [0, 0.05) is 6.04 Å². The molecule has 1 aromatic rings. The second-order valence-corrected chi connectivity index (χ2v) is 5.65. The van der Waals surface area contributed by atoms with E-state index in [2.05, 4.69) is 17.0 Å². The van der Waals surface area contributed by atoms with Gasteiger partial charge in [-0.1, -0.05) is 26.2 Å². The van der Waals surface area contributed by atoms with Crippen molar-refractivity contribution in [2.45, 2.75) is 45.1 Å². The molecule has 0 aliphatic heterocycles. The first kappa shape index (κ1) is 15.7. The highest BCUT2D eigenvalue weighted by atomic mass is 19.2. The molecule has 0 spiro atoms. The normalized spacial score (nSPS) is 22.5. The Morgan fingerprint density at radius 3 is 2.62 bits per heavy atom. The van der Waals surface area contributed by atoms with Crippen molar-refractivity contribution in [1.82, 2.24) is 0 Å². The van der Waals surface area contributed by atoms with Crippen LogP contribution in [-0.2, 0) is 4.74 Å². The molecule has 21 heavy (non-hydrogen) atoms. The average molecular weight is 297 g/mol. The number of hydrogen-bond donors (Lipinski definition) is 1. The van der Waals surface area contributed by atoms with Crippen LogP contribution in [0.25, 0.3) is 0 Å². The average Bonchev–Trinajstić information content (AvgIpc) is 2.68. The Kier molecular flexibility index (Phi) is 5.15. The van der Waals surface area contributed by atoms with Crippen LogP contribution < -0.4 is 5.32 Å². The van der Waals surface area contributed by atoms with E-state index in [1.54, 1.807) is 0 Å². The SMILES string of the molecule is COC(=O)c1ccc(NC2CCCCCC2C)c(F)c1F. The third-order valence-electron chi connectivity index (χ3n) is 4.19. The number of carbonyl (C=O) groups is 1. The van der Waals surface area contributed by atoms with Crippen molar-refractivity contribution < 1.29 is 18.3 Å². The Hall–Kier alpha value is -1.65.